The van der Waals surface area contributed by atoms with E-state index in [2.05, 4.69) is 106 Å². The zero-order valence-corrected chi connectivity index (χ0v) is 27.6. The predicted octanol–water partition coefficient (Wildman–Crippen LogP) is 7.56. The van der Waals surface area contributed by atoms with E-state index in [1.807, 2.05) is 36.8 Å². The van der Waals surface area contributed by atoms with Crippen LogP contribution in [0.15, 0.2) is 146 Å². The zero-order chi connectivity index (χ0) is 32.8. The standard InChI is InChI=1S/C18H15P.C9H9BN6.C2H3N.F6P.Ru/c1-4-10-16(11-5-1)19(17-12-6-2-7-13-17)18-14-8-3-9-15-18;1-4-11-14(7-1)10(15-8-2-5-12-15)16-9-3-6-13-16;1-2-3;1-7(2,3,4,5)6;/h1-15H;1-9H;1H3;;/q;-1;;-1;+2. The molecule has 17 heteroatoms. The van der Waals surface area contributed by atoms with Gasteiger partial charge in [0, 0.05) is 25.5 Å². The molecule has 3 heterocycles. The van der Waals surface area contributed by atoms with Gasteiger partial charge in [0.15, 0.2) is 0 Å². The fourth-order valence-electron chi connectivity index (χ4n) is 3.79. The predicted molar refractivity (Wildman–Crippen MR) is 169 cm³/mol. The van der Waals surface area contributed by atoms with E-state index in [1.54, 1.807) is 38.4 Å². The minimum Gasteiger partial charge on any atom is -0.425 e. The monoisotopic (exact) mass is 762 g/mol. The van der Waals surface area contributed by atoms with E-state index < -0.39 is 15.7 Å². The average Bonchev–Trinajstić information content (AvgIpc) is 3.80. The number of nitriles is 1. The molecule has 0 saturated heterocycles. The second-order valence-electron chi connectivity index (χ2n) is 8.83. The van der Waals surface area contributed by atoms with Gasteiger partial charge in [0.25, 0.3) is 7.12 Å². The Bertz CT molecular complexity index is 1520. The fourth-order valence-corrected chi connectivity index (χ4v) is 6.10. The molecule has 46 heavy (non-hydrogen) atoms. The Balaban J connectivity index is 0.000000247. The van der Waals surface area contributed by atoms with Gasteiger partial charge in [-0.15, -0.1) is 0 Å². The minimum absolute atomic E-state index is 0. The minimum atomic E-state index is -10.7. The van der Waals surface area contributed by atoms with Gasteiger partial charge in [-0.2, -0.15) is 5.26 Å². The Labute approximate surface area is 276 Å². The molecule has 0 N–H and O–H groups in total. The van der Waals surface area contributed by atoms with Crippen molar-refractivity contribution < 1.29 is 44.7 Å². The summed E-state index contributed by atoms with van der Waals surface area (Å²) < 4.78 is 64.6. The van der Waals surface area contributed by atoms with E-state index >= 15 is 0 Å². The quantitative estimate of drug-likeness (QED) is 0.0998. The maximum atomic E-state index is 9.87. The summed E-state index contributed by atoms with van der Waals surface area (Å²) in [7, 11) is -11.3. The summed E-state index contributed by atoms with van der Waals surface area (Å²) in [6.45, 7) is 1.43. The number of rotatable bonds is 6. The Morgan fingerprint density at radius 2 is 0.804 bits per heavy atom. The second-order valence-corrected chi connectivity index (χ2v) is 13.0. The first-order valence-electron chi connectivity index (χ1n) is 13.1. The van der Waals surface area contributed by atoms with Gasteiger partial charge in [0.05, 0.1) is 6.07 Å². The van der Waals surface area contributed by atoms with Crippen molar-refractivity contribution in [2.75, 3.05) is 0 Å². The Hall–Kier alpha value is -4.09. The van der Waals surface area contributed by atoms with Crippen LogP contribution in [-0.4, -0.2) is 36.2 Å². The molecule has 0 aliphatic heterocycles. The average molecular weight is 761 g/mol. The van der Waals surface area contributed by atoms with Gasteiger partial charge < -0.3 is 13.8 Å². The Morgan fingerprint density at radius 1 is 0.565 bits per heavy atom. The molecule has 6 aromatic rings. The summed E-state index contributed by atoms with van der Waals surface area (Å²) in [5.41, 5.74) is 0. The molecular weight excluding hydrogens is 734 g/mol. The second kappa shape index (κ2) is 16.5. The molecule has 7 nitrogen and oxygen atoms in total. The number of benzene rings is 3. The first-order valence-corrected chi connectivity index (χ1v) is 16.4. The smallest absolute Gasteiger partial charge is 0.425 e. The van der Waals surface area contributed by atoms with Crippen LogP contribution in [0.1, 0.15) is 6.92 Å². The summed E-state index contributed by atoms with van der Waals surface area (Å²) in [6.07, 6.45) is 10.9. The van der Waals surface area contributed by atoms with Crippen LogP contribution >= 0.6 is 15.7 Å². The summed E-state index contributed by atoms with van der Waals surface area (Å²) in [5, 5.41) is 24.2. The van der Waals surface area contributed by atoms with Crippen molar-refractivity contribution in [2.45, 2.75) is 6.92 Å². The molecule has 0 spiro atoms. The first-order chi connectivity index (χ1) is 21.3. The first kappa shape index (κ1) is 38.1. The molecule has 3 aromatic carbocycles. The summed E-state index contributed by atoms with van der Waals surface area (Å²) in [6, 6.07) is 39.7. The van der Waals surface area contributed by atoms with E-state index in [0.717, 1.165) is 0 Å². The summed E-state index contributed by atoms with van der Waals surface area (Å²) >= 11 is 0. The van der Waals surface area contributed by atoms with Gasteiger partial charge in [0.1, 0.15) is 0 Å². The van der Waals surface area contributed by atoms with Crippen LogP contribution in [0.25, 0.3) is 0 Å². The van der Waals surface area contributed by atoms with Gasteiger partial charge in [-0.25, -0.2) is 15.3 Å². The van der Waals surface area contributed by atoms with Crippen LogP contribution in [0.3, 0.4) is 0 Å². The normalized spacial score (nSPS) is 11.9. The van der Waals surface area contributed by atoms with E-state index in [-0.39, 0.29) is 26.6 Å². The van der Waals surface area contributed by atoms with E-state index in [4.69, 9.17) is 5.26 Å². The largest absolute Gasteiger partial charge is 2.00 e. The number of hydrogen-bond donors (Lipinski definition) is 0. The SMILES string of the molecule is CC#N.F[P-](F)(F)(F)(F)F.[Ru+2].c1ccc(P(c2ccccc2)c2ccccc2)cc1.c1cnn([B-](n2cccn2)n2cccn2)c1. The van der Waals surface area contributed by atoms with Crippen LogP contribution in [0.4, 0.5) is 25.2 Å². The van der Waals surface area contributed by atoms with Gasteiger partial charge in [-0.1, -0.05) is 91.0 Å². The molecule has 0 unspecified atom stereocenters. The number of aromatic nitrogens is 6. The molecule has 0 amide bonds. The molecule has 0 fully saturated rings. The molecule has 3 aromatic heterocycles. The number of hydrogen-bond acceptors (Lipinski definition) is 4. The maximum Gasteiger partial charge on any atom is 2.00 e. The van der Waals surface area contributed by atoms with E-state index in [1.165, 1.54) is 22.8 Å². The molecule has 1 radical (unpaired) electrons. The molecule has 0 atom stereocenters. The van der Waals surface area contributed by atoms with Crippen LogP contribution < -0.4 is 15.9 Å². The molecule has 0 aliphatic carbocycles. The van der Waals surface area contributed by atoms with E-state index in [0.29, 0.717) is 0 Å². The van der Waals surface area contributed by atoms with Gasteiger partial charge in [-0.05, 0) is 60.6 Å². The van der Waals surface area contributed by atoms with Gasteiger partial charge in [-0.3, -0.25) is 0 Å². The van der Waals surface area contributed by atoms with Crippen molar-refractivity contribution in [3.8, 4) is 6.07 Å². The van der Waals surface area contributed by atoms with Gasteiger partial charge >= 0.3 is 52.5 Å². The van der Waals surface area contributed by atoms with Crippen molar-refractivity contribution in [1.29, 1.82) is 5.26 Å². The van der Waals surface area contributed by atoms with Gasteiger partial charge in [0.2, 0.25) is 0 Å². The molecule has 241 valence electrons. The summed E-state index contributed by atoms with van der Waals surface area (Å²) in [5.74, 6) is 0. The zero-order valence-electron chi connectivity index (χ0n) is 24.1. The fraction of sp³-hybridized carbons (Fsp3) is 0.0345. The van der Waals surface area contributed by atoms with Crippen molar-refractivity contribution in [3.63, 3.8) is 0 Å². The molecule has 0 saturated carbocycles. The molecule has 0 bridgehead atoms. The van der Waals surface area contributed by atoms with Crippen LogP contribution in [0, 0.1) is 11.3 Å². The summed E-state index contributed by atoms with van der Waals surface area (Å²) in [4.78, 5) is 0. The third-order valence-corrected chi connectivity index (χ3v) is 7.77. The van der Waals surface area contributed by atoms with Crippen LogP contribution in [0.5, 0.6) is 0 Å². The molecule has 0 aliphatic rings. The third kappa shape index (κ3) is 14.3. The molecule has 6 rings (SSSR count). The number of nitrogens with zero attached hydrogens (tertiary/aromatic N) is 7. The topological polar surface area (TPSA) is 77.2 Å². The maximum absolute atomic E-state index is 10.7. The molecular formula is C29H27BF6N7P2Ru. The van der Waals surface area contributed by atoms with Crippen molar-refractivity contribution in [3.05, 3.63) is 146 Å². The van der Waals surface area contributed by atoms with Crippen molar-refractivity contribution in [1.82, 2.24) is 29.1 Å². The number of halogens is 6. The van der Waals surface area contributed by atoms with Crippen LogP contribution in [-0.2, 0) is 19.5 Å². The third-order valence-electron chi connectivity index (χ3n) is 5.33. The van der Waals surface area contributed by atoms with Crippen LogP contribution in [0.2, 0.25) is 0 Å². The van der Waals surface area contributed by atoms with Crippen molar-refractivity contribution in [2.24, 2.45) is 0 Å². The van der Waals surface area contributed by atoms with E-state index in [9.17, 15) is 25.2 Å². The van der Waals surface area contributed by atoms with Crippen molar-refractivity contribution >= 4 is 38.8 Å². The Morgan fingerprint density at radius 3 is 1.00 bits per heavy atom. The Kier molecular flexibility index (Phi) is 13.6.